The highest BCUT2D eigenvalue weighted by molar-refractivity contribution is 5.88. The number of pyridine rings is 1. The molecule has 29 heavy (non-hydrogen) atoms. The Morgan fingerprint density at radius 2 is 1.93 bits per heavy atom. The van der Waals surface area contributed by atoms with Gasteiger partial charge in [-0.2, -0.15) is 0 Å². The average molecular weight is 400 g/mol. The third-order valence-electron chi connectivity index (χ3n) is 6.37. The number of ether oxygens (including phenoxy) is 1. The van der Waals surface area contributed by atoms with E-state index in [0.717, 1.165) is 59.8 Å². The van der Waals surface area contributed by atoms with Gasteiger partial charge in [-0.1, -0.05) is 12.8 Å². The first-order valence-electron chi connectivity index (χ1n) is 11.0. The maximum absolute atomic E-state index is 12.1. The van der Waals surface area contributed by atoms with Crippen LogP contribution in [0, 0.1) is 25.7 Å². The zero-order valence-corrected chi connectivity index (χ0v) is 17.7. The van der Waals surface area contributed by atoms with Gasteiger partial charge in [0.25, 0.3) is 0 Å². The van der Waals surface area contributed by atoms with Crippen LogP contribution in [0.3, 0.4) is 0 Å². The first-order valence-corrected chi connectivity index (χ1v) is 11.0. The molecule has 0 spiro atoms. The topological polar surface area (TPSA) is 95.1 Å². The van der Waals surface area contributed by atoms with Crippen molar-refractivity contribution in [2.45, 2.75) is 65.3 Å². The quantitative estimate of drug-likeness (QED) is 0.632. The molecule has 0 atom stereocenters. The Kier molecular flexibility index (Phi) is 6.04. The van der Waals surface area contributed by atoms with Crippen molar-refractivity contribution in [2.75, 3.05) is 25.5 Å². The minimum absolute atomic E-state index is 0.187. The Morgan fingerprint density at radius 1 is 1.17 bits per heavy atom. The van der Waals surface area contributed by atoms with E-state index in [4.69, 9.17) is 15.5 Å². The van der Waals surface area contributed by atoms with Crippen LogP contribution >= 0.6 is 0 Å². The number of aromatic nitrogens is 3. The molecule has 0 radical (unpaired) electrons. The monoisotopic (exact) mass is 399 g/mol. The summed E-state index contributed by atoms with van der Waals surface area (Å²) in [5, 5.41) is 3.01. The van der Waals surface area contributed by atoms with Crippen LogP contribution in [0.5, 0.6) is 0 Å². The van der Waals surface area contributed by atoms with E-state index in [-0.39, 0.29) is 11.8 Å². The highest BCUT2D eigenvalue weighted by Crippen LogP contribution is 2.34. The number of amides is 1. The number of aryl methyl sites for hydroxylation is 2. The highest BCUT2D eigenvalue weighted by Gasteiger charge is 2.26. The number of fused-ring (bicyclic) bond motifs is 1. The number of nitrogen functional groups attached to an aromatic ring is 1. The number of carbonyl (C=O) groups is 1. The highest BCUT2D eigenvalue weighted by atomic mass is 16.5. The molecule has 2 fully saturated rings. The normalized spacial score (nSPS) is 17.3. The summed E-state index contributed by atoms with van der Waals surface area (Å²) in [5.41, 5.74) is 10.2. The van der Waals surface area contributed by atoms with Gasteiger partial charge in [-0.25, -0.2) is 9.97 Å². The molecule has 0 bridgehead atoms. The molecule has 4 rings (SSSR count). The molecule has 2 aromatic rings. The lowest BCUT2D eigenvalue weighted by atomic mass is 10.1. The molecule has 0 saturated heterocycles. The number of rotatable bonds is 9. The molecular weight excluding hydrogens is 366 g/mol. The number of anilines is 1. The van der Waals surface area contributed by atoms with Crippen LogP contribution in [0.2, 0.25) is 0 Å². The van der Waals surface area contributed by atoms with Crippen LogP contribution in [-0.2, 0) is 22.5 Å². The van der Waals surface area contributed by atoms with Crippen LogP contribution in [0.15, 0.2) is 0 Å². The summed E-state index contributed by atoms with van der Waals surface area (Å²) in [6, 6.07) is 0. The Hall–Kier alpha value is -2.15. The molecule has 2 saturated carbocycles. The van der Waals surface area contributed by atoms with Crippen LogP contribution in [0.1, 0.15) is 55.6 Å². The van der Waals surface area contributed by atoms with Gasteiger partial charge in [0.1, 0.15) is 11.3 Å². The van der Waals surface area contributed by atoms with Crippen molar-refractivity contribution in [2.24, 2.45) is 11.8 Å². The van der Waals surface area contributed by atoms with Gasteiger partial charge >= 0.3 is 0 Å². The Bertz CT molecular complexity index is 881. The van der Waals surface area contributed by atoms with E-state index >= 15 is 0 Å². The van der Waals surface area contributed by atoms with Crippen molar-refractivity contribution < 1.29 is 9.53 Å². The molecule has 158 valence electrons. The van der Waals surface area contributed by atoms with E-state index in [2.05, 4.69) is 21.8 Å². The smallest absolute Gasteiger partial charge is 0.223 e. The second-order valence-corrected chi connectivity index (χ2v) is 8.62. The molecule has 0 unspecified atom stereocenters. The zero-order chi connectivity index (χ0) is 20.4. The molecule has 0 aromatic carbocycles. The number of imidazole rings is 1. The summed E-state index contributed by atoms with van der Waals surface area (Å²) >= 11 is 0. The molecule has 0 aliphatic heterocycles. The van der Waals surface area contributed by atoms with Crippen LogP contribution in [0.4, 0.5) is 5.82 Å². The van der Waals surface area contributed by atoms with E-state index in [0.29, 0.717) is 25.6 Å². The van der Waals surface area contributed by atoms with Gasteiger partial charge in [0.15, 0.2) is 5.82 Å². The van der Waals surface area contributed by atoms with Crippen molar-refractivity contribution in [3.05, 3.63) is 17.1 Å². The summed E-state index contributed by atoms with van der Waals surface area (Å²) in [6.45, 7) is 6.51. The maximum Gasteiger partial charge on any atom is 0.223 e. The lowest BCUT2D eigenvalue weighted by Gasteiger charge is -2.13. The fourth-order valence-electron chi connectivity index (χ4n) is 4.36. The van der Waals surface area contributed by atoms with Crippen molar-refractivity contribution in [3.8, 4) is 0 Å². The molecule has 7 heteroatoms. The summed E-state index contributed by atoms with van der Waals surface area (Å²) in [5.74, 6) is 2.74. The first kappa shape index (κ1) is 20.1. The van der Waals surface area contributed by atoms with Crippen molar-refractivity contribution in [1.29, 1.82) is 0 Å². The summed E-state index contributed by atoms with van der Waals surface area (Å²) in [6.07, 6.45) is 7.97. The van der Waals surface area contributed by atoms with Crippen LogP contribution in [-0.4, -0.2) is 40.2 Å². The van der Waals surface area contributed by atoms with Crippen LogP contribution in [0.25, 0.3) is 11.0 Å². The molecule has 2 heterocycles. The number of nitrogens with one attached hydrogen (secondary N) is 1. The van der Waals surface area contributed by atoms with Gasteiger partial charge in [0.05, 0.1) is 18.7 Å². The number of nitrogens with two attached hydrogens (primary N) is 1. The van der Waals surface area contributed by atoms with E-state index in [1.807, 2.05) is 6.92 Å². The van der Waals surface area contributed by atoms with Gasteiger partial charge in [0, 0.05) is 31.1 Å². The summed E-state index contributed by atoms with van der Waals surface area (Å²) in [4.78, 5) is 21.4. The van der Waals surface area contributed by atoms with Gasteiger partial charge in [0.2, 0.25) is 5.91 Å². The first-order chi connectivity index (χ1) is 14.0. The summed E-state index contributed by atoms with van der Waals surface area (Å²) < 4.78 is 8.10. The SMILES string of the molecule is Cc1nc(N)c2nc(CC3CC3)n(CCOCCNC(=O)C3CCCC3)c2c1C. The minimum atomic E-state index is 0.187. The summed E-state index contributed by atoms with van der Waals surface area (Å²) in [7, 11) is 0. The third-order valence-corrected chi connectivity index (χ3v) is 6.37. The Labute approximate surface area is 172 Å². The second kappa shape index (κ2) is 8.69. The van der Waals surface area contributed by atoms with E-state index in [1.54, 1.807) is 0 Å². The van der Waals surface area contributed by atoms with E-state index in [9.17, 15) is 4.79 Å². The van der Waals surface area contributed by atoms with Crippen LogP contribution < -0.4 is 11.1 Å². The zero-order valence-electron chi connectivity index (χ0n) is 17.7. The Morgan fingerprint density at radius 3 is 2.66 bits per heavy atom. The van der Waals surface area contributed by atoms with Crippen molar-refractivity contribution in [3.63, 3.8) is 0 Å². The van der Waals surface area contributed by atoms with E-state index < -0.39 is 0 Å². The number of carbonyl (C=O) groups excluding carboxylic acids is 1. The van der Waals surface area contributed by atoms with Gasteiger partial charge < -0.3 is 20.4 Å². The van der Waals surface area contributed by atoms with Gasteiger partial charge in [-0.3, -0.25) is 4.79 Å². The largest absolute Gasteiger partial charge is 0.382 e. The van der Waals surface area contributed by atoms with Gasteiger partial charge in [-0.15, -0.1) is 0 Å². The fourth-order valence-corrected chi connectivity index (χ4v) is 4.36. The number of hydrogen-bond acceptors (Lipinski definition) is 5. The molecule has 2 aliphatic carbocycles. The third kappa shape index (κ3) is 4.55. The Balaban J connectivity index is 1.36. The van der Waals surface area contributed by atoms with Gasteiger partial charge in [-0.05, 0) is 51.0 Å². The average Bonchev–Trinajstić information content (AvgIpc) is 3.20. The second-order valence-electron chi connectivity index (χ2n) is 8.62. The minimum Gasteiger partial charge on any atom is -0.382 e. The maximum atomic E-state index is 12.1. The predicted octanol–water partition coefficient (Wildman–Crippen LogP) is 2.91. The molecule has 2 aromatic heterocycles. The lowest BCUT2D eigenvalue weighted by Crippen LogP contribution is -2.32. The molecule has 2 aliphatic rings. The number of hydrogen-bond donors (Lipinski definition) is 2. The molecule has 3 N–H and O–H groups in total. The molecular formula is C22H33N5O2. The van der Waals surface area contributed by atoms with Crippen molar-refractivity contribution in [1.82, 2.24) is 19.9 Å². The molecule has 7 nitrogen and oxygen atoms in total. The van der Waals surface area contributed by atoms with Crippen molar-refractivity contribution >= 4 is 22.8 Å². The fraction of sp³-hybridized carbons (Fsp3) is 0.682. The molecule has 1 amide bonds. The standard InChI is InChI=1S/C22H33N5O2/c1-14-15(2)25-21(23)19-20(14)27(18(26-19)13-16-7-8-16)10-12-29-11-9-24-22(28)17-5-3-4-6-17/h16-17H,3-13H2,1-2H3,(H2,23,25)(H,24,28). The lowest BCUT2D eigenvalue weighted by molar-refractivity contribution is -0.125. The van der Waals surface area contributed by atoms with E-state index in [1.165, 1.54) is 25.7 Å². The number of nitrogens with zero attached hydrogens (tertiary/aromatic N) is 3. The predicted molar refractivity (Wildman–Crippen MR) is 114 cm³/mol.